The molecule has 2 aromatic rings. The number of ketones is 1. The van der Waals surface area contributed by atoms with E-state index in [1.165, 1.54) is 19.9 Å². The van der Waals surface area contributed by atoms with Gasteiger partial charge in [-0.25, -0.2) is 13.6 Å². The number of benzene rings is 1. The molecule has 2 rings (SSSR count). The number of anilines is 1. The van der Waals surface area contributed by atoms with Gasteiger partial charge < -0.3 is 14.5 Å². The zero-order valence-electron chi connectivity index (χ0n) is 16.5. The molecule has 156 valence electrons. The monoisotopic (exact) mass is 408 g/mol. The fourth-order valence-corrected chi connectivity index (χ4v) is 2.77. The summed E-state index contributed by atoms with van der Waals surface area (Å²) in [4.78, 5) is 36.4. The van der Waals surface area contributed by atoms with Gasteiger partial charge in [-0.3, -0.25) is 14.9 Å². The van der Waals surface area contributed by atoms with Crippen molar-refractivity contribution in [2.75, 3.05) is 18.5 Å². The highest BCUT2D eigenvalue weighted by Crippen LogP contribution is 2.28. The van der Waals surface area contributed by atoms with Crippen molar-refractivity contribution in [2.24, 2.45) is 0 Å². The van der Waals surface area contributed by atoms with Crippen molar-refractivity contribution in [3.05, 3.63) is 52.3 Å². The molecular weight excluding hydrogens is 386 g/mol. The predicted molar refractivity (Wildman–Crippen MR) is 101 cm³/mol. The molecule has 2 N–H and O–H groups in total. The van der Waals surface area contributed by atoms with Gasteiger partial charge in [-0.1, -0.05) is 6.07 Å². The molecule has 1 aromatic carbocycles. The third-order valence-electron chi connectivity index (χ3n) is 4.18. The average molecular weight is 408 g/mol. The predicted octanol–water partition coefficient (Wildman–Crippen LogP) is 3.53. The molecule has 9 heteroatoms. The lowest BCUT2D eigenvalue weighted by Crippen LogP contribution is -2.30. The Bertz CT molecular complexity index is 939. The molecule has 1 atom stereocenters. The summed E-state index contributed by atoms with van der Waals surface area (Å²) in [5.74, 6) is -3.69. The number of esters is 1. The summed E-state index contributed by atoms with van der Waals surface area (Å²) >= 11 is 0. The molecule has 0 unspecified atom stereocenters. The number of ether oxygens (including phenoxy) is 1. The van der Waals surface area contributed by atoms with E-state index < -0.39 is 35.3 Å². The Morgan fingerprint density at radius 2 is 1.86 bits per heavy atom. The highest BCUT2D eigenvalue weighted by Gasteiger charge is 2.28. The quantitative estimate of drug-likeness (QED) is 0.512. The number of amides is 1. The second-order valence-electron chi connectivity index (χ2n) is 6.34. The maximum absolute atomic E-state index is 13.3. The molecule has 0 aliphatic heterocycles. The van der Waals surface area contributed by atoms with E-state index in [1.54, 1.807) is 13.8 Å². The number of halogens is 2. The van der Waals surface area contributed by atoms with E-state index in [1.807, 2.05) is 0 Å². The van der Waals surface area contributed by atoms with E-state index >= 15 is 0 Å². The van der Waals surface area contributed by atoms with Crippen LogP contribution in [0.1, 0.15) is 58.9 Å². The van der Waals surface area contributed by atoms with Crippen molar-refractivity contribution in [3.8, 4) is 0 Å². The zero-order valence-corrected chi connectivity index (χ0v) is 16.5. The summed E-state index contributed by atoms with van der Waals surface area (Å²) in [5.41, 5.74) is 0.359. The number of nitrogens with one attached hydrogen (secondary N) is 2. The van der Waals surface area contributed by atoms with Crippen LogP contribution in [0.2, 0.25) is 0 Å². The van der Waals surface area contributed by atoms with E-state index in [-0.39, 0.29) is 35.9 Å². The summed E-state index contributed by atoms with van der Waals surface area (Å²) in [6.07, 6.45) is 0. The normalized spacial score (nSPS) is 11.8. The molecule has 0 fully saturated rings. The second kappa shape index (κ2) is 9.42. The van der Waals surface area contributed by atoms with Crippen molar-refractivity contribution in [1.29, 1.82) is 0 Å². The van der Waals surface area contributed by atoms with Gasteiger partial charge in [-0.15, -0.1) is 0 Å². The number of carbonyl (C=O) groups is 3. The number of rotatable bonds is 8. The number of Topliss-reactive ketones (excluding diaryl/α,β-unsaturated/α-hetero) is 1. The molecule has 0 saturated carbocycles. The molecule has 0 radical (unpaired) electrons. The van der Waals surface area contributed by atoms with E-state index in [0.717, 1.165) is 12.1 Å². The maximum atomic E-state index is 13.3. The fourth-order valence-electron chi connectivity index (χ4n) is 2.77. The number of aryl methyl sites for hydroxylation is 1. The zero-order chi connectivity index (χ0) is 21.7. The van der Waals surface area contributed by atoms with Crippen LogP contribution in [-0.4, -0.2) is 30.8 Å². The van der Waals surface area contributed by atoms with Crippen molar-refractivity contribution in [3.63, 3.8) is 0 Å². The Morgan fingerprint density at radius 1 is 1.17 bits per heavy atom. The maximum Gasteiger partial charge on any atom is 0.344 e. The Hall–Kier alpha value is -3.07. The summed E-state index contributed by atoms with van der Waals surface area (Å²) in [5, 5.41) is 5.30. The molecule has 0 aliphatic rings. The Kier molecular flexibility index (Phi) is 7.22. The van der Waals surface area contributed by atoms with Crippen molar-refractivity contribution < 1.29 is 32.3 Å². The molecular formula is C20H22F2N2O5. The van der Waals surface area contributed by atoms with Crippen LogP contribution in [0.15, 0.2) is 22.6 Å². The first-order chi connectivity index (χ1) is 13.6. The Labute approximate surface area is 166 Å². The highest BCUT2D eigenvalue weighted by molar-refractivity contribution is 6.10. The second-order valence-corrected chi connectivity index (χ2v) is 6.34. The van der Waals surface area contributed by atoms with Crippen LogP contribution in [0.4, 0.5) is 14.7 Å². The summed E-state index contributed by atoms with van der Waals surface area (Å²) in [6, 6.07) is 3.00. The molecule has 29 heavy (non-hydrogen) atoms. The van der Waals surface area contributed by atoms with Crippen LogP contribution in [-0.2, 0) is 9.53 Å². The summed E-state index contributed by atoms with van der Waals surface area (Å²) in [7, 11) is 0. The first-order valence-electron chi connectivity index (χ1n) is 8.95. The average Bonchev–Trinajstić information content (AvgIpc) is 2.98. The number of carbonyl (C=O) groups excluding carboxylic acids is 3. The Balaban J connectivity index is 2.12. The van der Waals surface area contributed by atoms with E-state index in [9.17, 15) is 23.2 Å². The first-order valence-corrected chi connectivity index (χ1v) is 8.95. The topological polar surface area (TPSA) is 97.6 Å². The largest absolute Gasteiger partial charge is 0.462 e. The van der Waals surface area contributed by atoms with Crippen LogP contribution >= 0.6 is 0 Å². The van der Waals surface area contributed by atoms with Gasteiger partial charge >= 0.3 is 5.97 Å². The van der Waals surface area contributed by atoms with Gasteiger partial charge in [0, 0.05) is 6.04 Å². The van der Waals surface area contributed by atoms with Gasteiger partial charge in [-0.05, 0) is 45.4 Å². The lowest BCUT2D eigenvalue weighted by molar-refractivity contribution is -0.115. The number of furan rings is 1. The molecule has 1 amide bonds. The van der Waals surface area contributed by atoms with Gasteiger partial charge in [0.25, 0.3) is 0 Å². The van der Waals surface area contributed by atoms with E-state index in [4.69, 9.17) is 9.15 Å². The summed E-state index contributed by atoms with van der Waals surface area (Å²) in [6.45, 7) is 5.93. The van der Waals surface area contributed by atoms with Crippen LogP contribution in [0.25, 0.3) is 0 Å². The van der Waals surface area contributed by atoms with Crippen LogP contribution in [0, 0.1) is 18.6 Å². The van der Waals surface area contributed by atoms with E-state index in [2.05, 4.69) is 10.6 Å². The molecule has 7 nitrogen and oxygen atoms in total. The third kappa shape index (κ3) is 5.26. The summed E-state index contributed by atoms with van der Waals surface area (Å²) < 4.78 is 36.7. The lowest BCUT2D eigenvalue weighted by atomic mass is 10.1. The smallest absolute Gasteiger partial charge is 0.344 e. The minimum absolute atomic E-state index is 0.0434. The van der Waals surface area contributed by atoms with Crippen molar-refractivity contribution >= 4 is 23.5 Å². The van der Waals surface area contributed by atoms with Gasteiger partial charge in [0.05, 0.1) is 18.7 Å². The van der Waals surface area contributed by atoms with Crippen molar-refractivity contribution in [2.45, 2.75) is 33.7 Å². The molecule has 0 spiro atoms. The molecule has 1 aromatic heterocycles. The van der Waals surface area contributed by atoms with E-state index in [0.29, 0.717) is 5.56 Å². The minimum Gasteiger partial charge on any atom is -0.462 e. The van der Waals surface area contributed by atoms with Crippen molar-refractivity contribution in [1.82, 2.24) is 5.32 Å². The SMILES string of the molecule is CCOC(=O)c1c(NC(=O)CN[C@H](C)c2ccc(F)c(F)c2)oc(C)c1C(C)=O. The van der Waals surface area contributed by atoms with Gasteiger partial charge in [0.1, 0.15) is 11.3 Å². The molecule has 1 heterocycles. The molecule has 0 bridgehead atoms. The van der Waals surface area contributed by atoms with Gasteiger partial charge in [0.2, 0.25) is 11.8 Å². The number of hydrogen-bond acceptors (Lipinski definition) is 6. The fraction of sp³-hybridized carbons (Fsp3) is 0.350. The van der Waals surface area contributed by atoms with Crippen LogP contribution < -0.4 is 10.6 Å². The van der Waals surface area contributed by atoms with Gasteiger partial charge in [-0.2, -0.15) is 0 Å². The van der Waals surface area contributed by atoms with Gasteiger partial charge in [0.15, 0.2) is 17.4 Å². The first kappa shape index (κ1) is 22.2. The highest BCUT2D eigenvalue weighted by atomic mass is 19.2. The van der Waals surface area contributed by atoms with Crippen LogP contribution in [0.5, 0.6) is 0 Å². The lowest BCUT2D eigenvalue weighted by Gasteiger charge is -2.14. The third-order valence-corrected chi connectivity index (χ3v) is 4.18. The number of hydrogen-bond donors (Lipinski definition) is 2. The molecule has 0 aliphatic carbocycles. The Morgan fingerprint density at radius 3 is 2.45 bits per heavy atom. The standard InChI is InChI=1S/C20H22F2N2O5/c1-5-28-20(27)18-17(11(3)25)12(4)29-19(18)24-16(26)9-23-10(2)13-6-7-14(21)15(22)8-13/h6-8,10,23H,5,9H2,1-4H3,(H,24,26)/t10-/m1/s1. The minimum atomic E-state index is -0.984. The molecule has 0 saturated heterocycles. The van der Waals surface area contributed by atoms with Crippen LogP contribution in [0.3, 0.4) is 0 Å².